The molecule has 2 N–H and O–H groups in total. The third kappa shape index (κ3) is 14.7. The molecule has 5 heteroatoms. The minimum atomic E-state index is -0.998. The Morgan fingerprint density at radius 3 is 2.37 bits per heavy atom. The average Bonchev–Trinajstić information content (AvgIpc) is 2.37. The van der Waals surface area contributed by atoms with Crippen LogP contribution in [0.4, 0.5) is 4.79 Å². The SMILES string of the molecule is CCCCCCCOC(=O)CCCCCNC(=O)O. The molecule has 0 atom stereocenters. The van der Waals surface area contributed by atoms with Crippen molar-refractivity contribution in [3.63, 3.8) is 0 Å². The van der Waals surface area contributed by atoms with Crippen LogP contribution in [0, 0.1) is 0 Å². The molecule has 0 unspecified atom stereocenters. The molecule has 0 fully saturated rings. The van der Waals surface area contributed by atoms with Gasteiger partial charge >= 0.3 is 12.1 Å². The van der Waals surface area contributed by atoms with Gasteiger partial charge in [0.15, 0.2) is 0 Å². The lowest BCUT2D eigenvalue weighted by Crippen LogP contribution is -2.21. The number of hydrogen-bond acceptors (Lipinski definition) is 3. The largest absolute Gasteiger partial charge is 0.466 e. The number of esters is 1. The van der Waals surface area contributed by atoms with E-state index in [1.165, 1.54) is 19.3 Å². The number of nitrogens with one attached hydrogen (secondary N) is 1. The van der Waals surface area contributed by atoms with Crippen LogP contribution in [0.5, 0.6) is 0 Å². The quantitative estimate of drug-likeness (QED) is 0.422. The fourth-order valence-electron chi connectivity index (χ4n) is 1.73. The number of rotatable bonds is 12. The molecule has 0 saturated heterocycles. The van der Waals surface area contributed by atoms with E-state index in [1.54, 1.807) is 0 Å². The Balaban J connectivity index is 3.19. The predicted molar refractivity (Wildman–Crippen MR) is 74.2 cm³/mol. The van der Waals surface area contributed by atoms with Crippen LogP contribution in [0.15, 0.2) is 0 Å². The van der Waals surface area contributed by atoms with Crippen molar-refractivity contribution in [3.8, 4) is 0 Å². The molecule has 5 nitrogen and oxygen atoms in total. The molecule has 0 aliphatic heterocycles. The molecule has 19 heavy (non-hydrogen) atoms. The molecule has 112 valence electrons. The molecule has 0 aromatic carbocycles. The molecule has 0 aliphatic carbocycles. The van der Waals surface area contributed by atoms with Crippen molar-refractivity contribution in [1.82, 2.24) is 5.32 Å². The molecular weight excluding hydrogens is 246 g/mol. The number of amides is 1. The first-order chi connectivity index (χ1) is 9.16. The fourth-order valence-corrected chi connectivity index (χ4v) is 1.73. The summed E-state index contributed by atoms with van der Waals surface area (Å²) in [4.78, 5) is 21.5. The number of ether oxygens (including phenoxy) is 1. The highest BCUT2D eigenvalue weighted by molar-refractivity contribution is 5.69. The standard InChI is InChI=1S/C14H27NO4/c1-2-3-4-5-9-12-19-13(16)10-7-6-8-11-15-14(17)18/h15H,2-12H2,1H3,(H,17,18). The normalized spacial score (nSPS) is 10.2. The van der Waals surface area contributed by atoms with Gasteiger partial charge in [0.2, 0.25) is 0 Å². The second-order valence-corrected chi connectivity index (χ2v) is 4.68. The zero-order valence-electron chi connectivity index (χ0n) is 12.0. The van der Waals surface area contributed by atoms with Gasteiger partial charge < -0.3 is 15.2 Å². The number of hydrogen-bond donors (Lipinski definition) is 2. The van der Waals surface area contributed by atoms with Gasteiger partial charge in [-0.15, -0.1) is 0 Å². The first-order valence-corrected chi connectivity index (χ1v) is 7.29. The monoisotopic (exact) mass is 273 g/mol. The molecule has 0 aromatic rings. The third-order valence-corrected chi connectivity index (χ3v) is 2.84. The fraction of sp³-hybridized carbons (Fsp3) is 0.857. The van der Waals surface area contributed by atoms with Gasteiger partial charge in [0.1, 0.15) is 0 Å². The number of unbranched alkanes of at least 4 members (excludes halogenated alkanes) is 6. The van der Waals surface area contributed by atoms with E-state index >= 15 is 0 Å². The highest BCUT2D eigenvalue weighted by Crippen LogP contribution is 2.04. The maximum absolute atomic E-state index is 11.3. The molecule has 0 rings (SSSR count). The van der Waals surface area contributed by atoms with E-state index in [4.69, 9.17) is 9.84 Å². The summed E-state index contributed by atoms with van der Waals surface area (Å²) in [5.74, 6) is -0.137. The Morgan fingerprint density at radius 1 is 1.00 bits per heavy atom. The van der Waals surface area contributed by atoms with Crippen LogP contribution in [0.2, 0.25) is 0 Å². The van der Waals surface area contributed by atoms with Crippen molar-refractivity contribution in [2.45, 2.75) is 64.7 Å². The van der Waals surface area contributed by atoms with E-state index in [0.29, 0.717) is 19.6 Å². The van der Waals surface area contributed by atoms with Gasteiger partial charge in [-0.25, -0.2) is 4.79 Å². The highest BCUT2D eigenvalue weighted by atomic mass is 16.5. The minimum Gasteiger partial charge on any atom is -0.466 e. The van der Waals surface area contributed by atoms with E-state index in [9.17, 15) is 9.59 Å². The maximum Gasteiger partial charge on any atom is 0.404 e. The van der Waals surface area contributed by atoms with Crippen molar-refractivity contribution in [2.24, 2.45) is 0 Å². The Kier molecular flexibility index (Phi) is 12.3. The number of carbonyl (C=O) groups is 2. The van der Waals surface area contributed by atoms with Crippen LogP contribution in [-0.4, -0.2) is 30.3 Å². The maximum atomic E-state index is 11.3. The van der Waals surface area contributed by atoms with Crippen molar-refractivity contribution in [3.05, 3.63) is 0 Å². The van der Waals surface area contributed by atoms with Crippen molar-refractivity contribution >= 4 is 12.1 Å². The molecule has 0 bridgehead atoms. The lowest BCUT2D eigenvalue weighted by atomic mass is 10.2. The van der Waals surface area contributed by atoms with Crippen molar-refractivity contribution in [2.75, 3.05) is 13.2 Å². The lowest BCUT2D eigenvalue weighted by molar-refractivity contribution is -0.143. The van der Waals surface area contributed by atoms with Crippen LogP contribution in [-0.2, 0) is 9.53 Å². The topological polar surface area (TPSA) is 75.6 Å². The Labute approximate surface area is 115 Å². The first-order valence-electron chi connectivity index (χ1n) is 7.29. The minimum absolute atomic E-state index is 0.137. The lowest BCUT2D eigenvalue weighted by Gasteiger charge is -2.05. The average molecular weight is 273 g/mol. The smallest absolute Gasteiger partial charge is 0.404 e. The van der Waals surface area contributed by atoms with Crippen LogP contribution in [0.25, 0.3) is 0 Å². The summed E-state index contributed by atoms with van der Waals surface area (Å²) in [6, 6.07) is 0. The Bertz CT molecular complexity index is 244. The predicted octanol–water partition coefficient (Wildman–Crippen LogP) is 3.33. The van der Waals surface area contributed by atoms with E-state index < -0.39 is 6.09 Å². The molecular formula is C14H27NO4. The van der Waals surface area contributed by atoms with Gasteiger partial charge in [-0.05, 0) is 19.3 Å². The van der Waals surface area contributed by atoms with Gasteiger partial charge in [-0.3, -0.25) is 4.79 Å². The summed E-state index contributed by atoms with van der Waals surface area (Å²) in [5, 5.41) is 10.6. The second kappa shape index (κ2) is 13.2. The summed E-state index contributed by atoms with van der Waals surface area (Å²) in [5.41, 5.74) is 0. The first kappa shape index (κ1) is 17.7. The van der Waals surface area contributed by atoms with Crippen LogP contribution >= 0.6 is 0 Å². The summed E-state index contributed by atoms with van der Waals surface area (Å²) in [6.07, 6.45) is 7.55. The summed E-state index contributed by atoms with van der Waals surface area (Å²) >= 11 is 0. The molecule has 0 heterocycles. The summed E-state index contributed by atoms with van der Waals surface area (Å²) < 4.78 is 5.12. The van der Waals surface area contributed by atoms with Gasteiger partial charge in [-0.2, -0.15) is 0 Å². The zero-order chi connectivity index (χ0) is 14.3. The number of carboxylic acid groups (broad SMARTS) is 1. The van der Waals surface area contributed by atoms with Gasteiger partial charge in [-0.1, -0.05) is 39.0 Å². The Morgan fingerprint density at radius 2 is 1.68 bits per heavy atom. The molecule has 0 radical (unpaired) electrons. The third-order valence-electron chi connectivity index (χ3n) is 2.84. The number of carbonyl (C=O) groups excluding carboxylic acids is 1. The molecule has 1 amide bonds. The summed E-state index contributed by atoms with van der Waals surface area (Å²) in [7, 11) is 0. The van der Waals surface area contributed by atoms with Crippen LogP contribution < -0.4 is 5.32 Å². The van der Waals surface area contributed by atoms with Crippen LogP contribution in [0.1, 0.15) is 64.7 Å². The van der Waals surface area contributed by atoms with E-state index in [-0.39, 0.29) is 5.97 Å². The Hall–Kier alpha value is -1.26. The molecule has 0 spiro atoms. The van der Waals surface area contributed by atoms with Gasteiger partial charge in [0.05, 0.1) is 6.61 Å². The van der Waals surface area contributed by atoms with Gasteiger partial charge in [0, 0.05) is 13.0 Å². The molecule has 0 saturated carbocycles. The van der Waals surface area contributed by atoms with E-state index in [0.717, 1.165) is 32.1 Å². The molecule has 0 aromatic heterocycles. The van der Waals surface area contributed by atoms with Crippen LogP contribution in [0.3, 0.4) is 0 Å². The van der Waals surface area contributed by atoms with E-state index in [2.05, 4.69) is 12.2 Å². The van der Waals surface area contributed by atoms with Gasteiger partial charge in [0.25, 0.3) is 0 Å². The highest BCUT2D eigenvalue weighted by Gasteiger charge is 2.02. The van der Waals surface area contributed by atoms with Crippen molar-refractivity contribution < 1.29 is 19.4 Å². The summed E-state index contributed by atoms with van der Waals surface area (Å²) in [6.45, 7) is 3.15. The molecule has 0 aliphatic rings. The van der Waals surface area contributed by atoms with Crippen molar-refractivity contribution in [1.29, 1.82) is 0 Å². The zero-order valence-corrected chi connectivity index (χ0v) is 12.0. The second-order valence-electron chi connectivity index (χ2n) is 4.68. The van der Waals surface area contributed by atoms with E-state index in [1.807, 2.05) is 0 Å².